The molecule has 0 N–H and O–H groups in total. The normalized spacial score (nSPS) is 26.7. The summed E-state index contributed by atoms with van der Waals surface area (Å²) < 4.78 is 470. The fraction of sp³-hybridized carbons (Fsp3) is 0.857. The maximum absolute atomic E-state index is 15.4. The van der Waals surface area contributed by atoms with Gasteiger partial charge in [-0.1, -0.05) is 6.58 Å². The monoisotopic (exact) mass is 916 g/mol. The Kier molecular flexibility index (Phi) is 10.9. The van der Waals surface area contributed by atoms with Crippen molar-refractivity contribution >= 4 is 5.97 Å². The van der Waals surface area contributed by atoms with Crippen molar-refractivity contribution in [1.82, 2.24) is 0 Å². The predicted octanol–water partition coefficient (Wildman–Crippen LogP) is 10.9. The van der Waals surface area contributed by atoms with E-state index in [1.807, 2.05) is 0 Å². The van der Waals surface area contributed by atoms with E-state index in [2.05, 4.69) is 11.3 Å². The number of esters is 1. The number of hydrogen-bond donors (Lipinski definition) is 0. The molecule has 0 aromatic carbocycles. The van der Waals surface area contributed by atoms with Crippen LogP contribution in [0.2, 0.25) is 0 Å². The molecule has 0 aromatic rings. The van der Waals surface area contributed by atoms with Gasteiger partial charge >= 0.3 is 107 Å². The van der Waals surface area contributed by atoms with Crippen LogP contribution in [0.1, 0.15) is 6.92 Å². The van der Waals surface area contributed by atoms with Crippen LogP contribution < -0.4 is 0 Å². The Morgan fingerprint density at radius 1 is 0.375 bits per heavy atom. The molecule has 1 aliphatic rings. The van der Waals surface area contributed by atoms with Crippen LogP contribution in [0.5, 0.6) is 0 Å². The molecule has 0 radical (unpaired) electrons. The summed E-state index contributed by atoms with van der Waals surface area (Å²) in [6, 6.07) is 0. The first-order chi connectivity index (χ1) is 23.6. The molecule has 0 aromatic heterocycles. The highest BCUT2D eigenvalue weighted by Crippen LogP contribution is 2.75. The minimum absolute atomic E-state index is 0.0207. The molecule has 0 unspecified atom stereocenters. The number of halogens is 33. The highest BCUT2D eigenvalue weighted by atomic mass is 19.4. The van der Waals surface area contributed by atoms with Gasteiger partial charge in [-0.3, -0.25) is 0 Å². The highest BCUT2D eigenvalue weighted by molar-refractivity contribution is 5.87. The molecule has 0 aliphatic heterocycles. The first-order valence-electron chi connectivity index (χ1n) is 12.2. The standard InChI is InChI=1S/C21H5F33O2/c1-3(2)4(55)56-21(53,54)20(51,52)19(49,50)14(39,40)11(33,34)8(27,28)5(22)6(23,24)9(29,30)12(35,36)15(41,42)17(45,46)18(47,48)16(43,44)13(37,38)10(31,32)7(5,25)26/h1H2,2H3. The molecule has 1 saturated carbocycles. The van der Waals surface area contributed by atoms with Crippen LogP contribution in [0.3, 0.4) is 0 Å². The zero-order valence-corrected chi connectivity index (χ0v) is 24.5. The lowest BCUT2D eigenvalue weighted by molar-refractivity contribution is -0.498. The van der Waals surface area contributed by atoms with E-state index >= 15 is 4.39 Å². The first-order valence-corrected chi connectivity index (χ1v) is 12.2. The molecule has 0 bridgehead atoms. The van der Waals surface area contributed by atoms with Crippen LogP contribution in [0.15, 0.2) is 12.2 Å². The van der Waals surface area contributed by atoms with E-state index in [4.69, 9.17) is 0 Å². The molecule has 2 nitrogen and oxygen atoms in total. The van der Waals surface area contributed by atoms with E-state index in [9.17, 15) is 145 Å². The average Bonchev–Trinajstić information content (AvgIpc) is 2.97. The SMILES string of the molecule is C=C(C)C(=O)OC(F)(F)C(F)(F)C(F)(F)C(F)(F)C(F)(F)C(F)(F)C1(F)C(F)(F)C(F)(F)C(F)(F)C(F)(F)C(F)(F)C(F)(F)C(F)(F)C(F)(F)C(F)(F)C1(F)F. The summed E-state index contributed by atoms with van der Waals surface area (Å²) in [5.41, 5.74) is -13.1. The molecule has 0 saturated heterocycles. The van der Waals surface area contributed by atoms with E-state index in [1.54, 1.807) is 0 Å². The number of carbonyl (C=O) groups is 1. The van der Waals surface area contributed by atoms with Gasteiger partial charge < -0.3 is 4.74 Å². The molecular formula is C21H5F33O2. The zero-order valence-electron chi connectivity index (χ0n) is 24.5. The molecule has 0 atom stereocenters. The zero-order chi connectivity index (χ0) is 46.4. The van der Waals surface area contributed by atoms with Gasteiger partial charge in [0.1, 0.15) is 0 Å². The van der Waals surface area contributed by atoms with Crippen molar-refractivity contribution in [1.29, 1.82) is 0 Å². The van der Waals surface area contributed by atoms with Gasteiger partial charge in [0, 0.05) is 5.57 Å². The summed E-state index contributed by atoms with van der Waals surface area (Å²) in [7, 11) is 0. The van der Waals surface area contributed by atoms with E-state index in [0.717, 1.165) is 0 Å². The Bertz CT molecular complexity index is 1500. The molecule has 0 amide bonds. The molecule has 35 heteroatoms. The fourth-order valence-electron chi connectivity index (χ4n) is 3.86. The van der Waals surface area contributed by atoms with Crippen molar-refractivity contribution in [2.75, 3.05) is 0 Å². The van der Waals surface area contributed by atoms with E-state index in [1.165, 1.54) is 0 Å². The van der Waals surface area contributed by atoms with Crippen LogP contribution in [-0.4, -0.2) is 107 Å². The Balaban J connectivity index is 4.84. The summed E-state index contributed by atoms with van der Waals surface area (Å²) in [5.74, 6) is -157. The maximum Gasteiger partial charge on any atom is 0.473 e. The number of alkyl halides is 33. The van der Waals surface area contributed by atoms with Gasteiger partial charge in [-0.05, 0) is 6.92 Å². The third kappa shape index (κ3) is 5.02. The molecule has 56 heavy (non-hydrogen) atoms. The van der Waals surface area contributed by atoms with Crippen molar-refractivity contribution in [3.63, 3.8) is 0 Å². The van der Waals surface area contributed by atoms with Gasteiger partial charge in [0.15, 0.2) is 0 Å². The first kappa shape index (κ1) is 50.9. The second-order valence-corrected chi connectivity index (χ2v) is 11.0. The lowest BCUT2D eigenvalue weighted by Crippen LogP contribution is -2.85. The number of ether oxygens (including phenoxy) is 1. The maximum atomic E-state index is 15.4. The Morgan fingerprint density at radius 3 is 0.786 bits per heavy atom. The minimum Gasteiger partial charge on any atom is -0.393 e. The minimum atomic E-state index is -11.4. The Morgan fingerprint density at radius 2 is 0.571 bits per heavy atom. The van der Waals surface area contributed by atoms with Crippen LogP contribution in [-0.2, 0) is 9.53 Å². The van der Waals surface area contributed by atoms with Crippen LogP contribution in [0, 0.1) is 0 Å². The molecular weight excluding hydrogens is 911 g/mol. The second kappa shape index (κ2) is 12.0. The van der Waals surface area contributed by atoms with Gasteiger partial charge in [-0.2, -0.15) is 140 Å². The van der Waals surface area contributed by atoms with Crippen LogP contribution in [0.4, 0.5) is 145 Å². The quantitative estimate of drug-likeness (QED) is 0.138. The van der Waals surface area contributed by atoms with Gasteiger partial charge in [-0.25, -0.2) is 9.18 Å². The van der Waals surface area contributed by atoms with Gasteiger partial charge in [-0.15, -0.1) is 0 Å². The lowest BCUT2D eigenvalue weighted by Gasteiger charge is -2.51. The largest absolute Gasteiger partial charge is 0.473 e. The molecule has 0 spiro atoms. The third-order valence-corrected chi connectivity index (χ3v) is 7.36. The summed E-state index contributed by atoms with van der Waals surface area (Å²) in [6.45, 7) is 2.22. The van der Waals surface area contributed by atoms with E-state index in [0.29, 0.717) is 0 Å². The summed E-state index contributed by atoms with van der Waals surface area (Å²) in [5, 5.41) is 0. The van der Waals surface area contributed by atoms with E-state index in [-0.39, 0.29) is 6.92 Å². The van der Waals surface area contributed by atoms with Crippen molar-refractivity contribution in [2.45, 2.75) is 108 Å². The summed E-state index contributed by atoms with van der Waals surface area (Å²) in [6.07, 6.45) is -8.03. The van der Waals surface area contributed by atoms with Gasteiger partial charge in [0.05, 0.1) is 0 Å². The van der Waals surface area contributed by atoms with Gasteiger partial charge in [0.2, 0.25) is 0 Å². The summed E-state index contributed by atoms with van der Waals surface area (Å²) in [4.78, 5) is 10.9. The average molecular weight is 916 g/mol. The molecule has 1 fully saturated rings. The van der Waals surface area contributed by atoms with Crippen molar-refractivity contribution in [2.24, 2.45) is 0 Å². The predicted molar refractivity (Wildman–Crippen MR) is 104 cm³/mol. The van der Waals surface area contributed by atoms with Crippen molar-refractivity contribution in [3.8, 4) is 0 Å². The van der Waals surface area contributed by atoms with Crippen molar-refractivity contribution < 1.29 is 154 Å². The van der Waals surface area contributed by atoms with Gasteiger partial charge in [0.25, 0.3) is 0 Å². The van der Waals surface area contributed by atoms with Crippen LogP contribution >= 0.6 is 0 Å². The second-order valence-electron chi connectivity index (χ2n) is 11.0. The number of rotatable bonds is 8. The van der Waals surface area contributed by atoms with Crippen molar-refractivity contribution in [3.05, 3.63) is 12.2 Å². The number of carbonyl (C=O) groups excluding carboxylic acids is 1. The highest BCUT2D eigenvalue weighted by Gasteiger charge is 3.08. The smallest absolute Gasteiger partial charge is 0.393 e. The fourth-order valence-corrected chi connectivity index (χ4v) is 3.86. The Hall–Kier alpha value is -3.10. The molecule has 332 valence electrons. The number of hydrogen-bond acceptors (Lipinski definition) is 2. The Labute approximate surface area is 281 Å². The van der Waals surface area contributed by atoms with Crippen LogP contribution in [0.25, 0.3) is 0 Å². The van der Waals surface area contributed by atoms with E-state index < -0.39 is 112 Å². The third-order valence-electron chi connectivity index (χ3n) is 7.36. The molecule has 0 heterocycles. The molecule has 1 aliphatic carbocycles. The lowest BCUT2D eigenvalue weighted by atomic mass is 9.71. The molecule has 1 rings (SSSR count). The summed E-state index contributed by atoms with van der Waals surface area (Å²) >= 11 is 0. The topological polar surface area (TPSA) is 26.3 Å².